The molecule has 0 amide bonds. The third kappa shape index (κ3) is 11.4. The van der Waals surface area contributed by atoms with E-state index in [-0.39, 0.29) is 13.0 Å². The van der Waals surface area contributed by atoms with Crippen LogP contribution in [-0.4, -0.2) is 28.6 Å². The second-order valence-corrected chi connectivity index (χ2v) is 4.38. The van der Waals surface area contributed by atoms with Gasteiger partial charge in [-0.05, 0) is 12.8 Å². The van der Waals surface area contributed by atoms with Gasteiger partial charge in [0.1, 0.15) is 0 Å². The number of aliphatic carboxylic acids is 1. The Kier molecular flexibility index (Phi) is 11.0. The van der Waals surface area contributed by atoms with Crippen molar-refractivity contribution in [3.63, 3.8) is 0 Å². The van der Waals surface area contributed by atoms with Gasteiger partial charge in [-0.25, -0.2) is 4.79 Å². The lowest BCUT2D eigenvalue weighted by molar-refractivity contribution is -0.149. The fraction of sp³-hybridized carbons (Fsp3) is 0.846. The number of carboxylic acids is 1. The number of Topliss-reactive ketones (excluding diaryl/α,β-unsaturated/α-hetero) is 1. The summed E-state index contributed by atoms with van der Waals surface area (Å²) in [6.45, 7) is 0.289. The average Bonchev–Trinajstić information content (AvgIpc) is 2.31. The van der Waals surface area contributed by atoms with E-state index in [1.807, 2.05) is 0 Å². The second kappa shape index (κ2) is 11.6. The molecule has 0 saturated carbocycles. The van der Waals surface area contributed by atoms with Crippen molar-refractivity contribution in [2.45, 2.75) is 64.2 Å². The Morgan fingerprint density at radius 1 is 0.706 bits per heavy atom. The summed E-state index contributed by atoms with van der Waals surface area (Å²) < 4.78 is 0. The van der Waals surface area contributed by atoms with E-state index in [0.29, 0.717) is 6.42 Å². The molecule has 2 N–H and O–H groups in total. The van der Waals surface area contributed by atoms with E-state index in [4.69, 9.17) is 10.2 Å². The molecule has 0 aromatic rings. The van der Waals surface area contributed by atoms with E-state index in [1.165, 1.54) is 19.3 Å². The largest absolute Gasteiger partial charge is 0.476 e. The van der Waals surface area contributed by atoms with Crippen molar-refractivity contribution in [3.8, 4) is 0 Å². The number of ketones is 1. The molecule has 0 heterocycles. The van der Waals surface area contributed by atoms with Crippen LogP contribution in [0.1, 0.15) is 64.2 Å². The maximum atomic E-state index is 10.8. The molecule has 0 bridgehead atoms. The lowest BCUT2D eigenvalue weighted by Gasteiger charge is -2.01. The molecule has 4 heteroatoms. The van der Waals surface area contributed by atoms with Gasteiger partial charge in [0.15, 0.2) is 0 Å². The van der Waals surface area contributed by atoms with Crippen molar-refractivity contribution in [1.82, 2.24) is 0 Å². The van der Waals surface area contributed by atoms with Gasteiger partial charge >= 0.3 is 5.97 Å². The molecule has 0 aromatic carbocycles. The minimum Gasteiger partial charge on any atom is -0.476 e. The highest BCUT2D eigenvalue weighted by molar-refractivity contribution is 6.32. The van der Waals surface area contributed by atoms with Crippen LogP contribution in [0, 0.1) is 0 Å². The first-order valence-electron chi connectivity index (χ1n) is 6.55. The molecule has 0 aliphatic heterocycles. The van der Waals surface area contributed by atoms with Crippen LogP contribution in [0.15, 0.2) is 0 Å². The summed E-state index contributed by atoms with van der Waals surface area (Å²) in [5.41, 5.74) is 0. The Bertz CT molecular complexity index is 213. The normalized spacial score (nSPS) is 10.4. The average molecular weight is 244 g/mol. The summed E-state index contributed by atoms with van der Waals surface area (Å²) in [6, 6.07) is 0. The van der Waals surface area contributed by atoms with Crippen molar-refractivity contribution in [2.75, 3.05) is 6.61 Å². The summed E-state index contributed by atoms with van der Waals surface area (Å²) in [4.78, 5) is 21.0. The second-order valence-electron chi connectivity index (χ2n) is 4.38. The highest BCUT2D eigenvalue weighted by Crippen LogP contribution is 2.10. The minimum atomic E-state index is -1.31. The molecule has 0 atom stereocenters. The number of unbranched alkanes of at least 4 members (excludes halogenated alkanes) is 8. The number of aliphatic hydroxyl groups excluding tert-OH is 1. The lowest BCUT2D eigenvalue weighted by atomic mass is 10.1. The van der Waals surface area contributed by atoms with Crippen molar-refractivity contribution in [1.29, 1.82) is 0 Å². The molecule has 4 nitrogen and oxygen atoms in total. The summed E-state index contributed by atoms with van der Waals surface area (Å²) in [5.74, 6) is -1.98. The molecule has 0 aromatic heterocycles. The van der Waals surface area contributed by atoms with Gasteiger partial charge in [0.25, 0.3) is 0 Å². The SMILES string of the molecule is O=C(O)C(=O)CCCCCCCCCCCO. The van der Waals surface area contributed by atoms with Crippen molar-refractivity contribution in [3.05, 3.63) is 0 Å². The number of hydrogen-bond donors (Lipinski definition) is 2. The Hall–Kier alpha value is -0.900. The minimum absolute atomic E-state index is 0.172. The molecule has 0 radical (unpaired) electrons. The van der Waals surface area contributed by atoms with Crippen LogP contribution >= 0.6 is 0 Å². The van der Waals surface area contributed by atoms with Crippen LogP contribution in [0.2, 0.25) is 0 Å². The first kappa shape index (κ1) is 16.1. The number of hydrogen-bond acceptors (Lipinski definition) is 3. The van der Waals surface area contributed by atoms with Gasteiger partial charge < -0.3 is 10.2 Å². The van der Waals surface area contributed by atoms with Gasteiger partial charge in [-0.2, -0.15) is 0 Å². The summed E-state index contributed by atoms with van der Waals surface area (Å²) >= 11 is 0. The van der Waals surface area contributed by atoms with E-state index in [1.54, 1.807) is 0 Å². The van der Waals surface area contributed by atoms with Crippen LogP contribution in [0.5, 0.6) is 0 Å². The molecule has 17 heavy (non-hydrogen) atoms. The molecular formula is C13H24O4. The predicted octanol–water partition coefficient (Wildman–Crippen LogP) is 2.53. The molecule has 0 saturated heterocycles. The zero-order chi connectivity index (χ0) is 12.9. The fourth-order valence-corrected chi connectivity index (χ4v) is 1.74. The van der Waals surface area contributed by atoms with Gasteiger partial charge in [0.05, 0.1) is 0 Å². The lowest BCUT2D eigenvalue weighted by Crippen LogP contribution is -2.11. The van der Waals surface area contributed by atoms with E-state index in [2.05, 4.69) is 0 Å². The Morgan fingerprint density at radius 3 is 1.53 bits per heavy atom. The monoisotopic (exact) mass is 244 g/mol. The smallest absolute Gasteiger partial charge is 0.372 e. The summed E-state index contributed by atoms with van der Waals surface area (Å²) in [6.07, 6.45) is 9.61. The maximum Gasteiger partial charge on any atom is 0.372 e. The number of rotatable bonds is 12. The molecule has 100 valence electrons. The van der Waals surface area contributed by atoms with Crippen LogP contribution in [0.3, 0.4) is 0 Å². The van der Waals surface area contributed by atoms with Crippen molar-refractivity contribution >= 4 is 11.8 Å². The number of carbonyl (C=O) groups excluding carboxylic acids is 1. The quantitative estimate of drug-likeness (QED) is 0.408. The van der Waals surface area contributed by atoms with Crippen LogP contribution in [0.4, 0.5) is 0 Å². The topological polar surface area (TPSA) is 74.6 Å². The number of carboxylic acid groups (broad SMARTS) is 1. The fourth-order valence-electron chi connectivity index (χ4n) is 1.74. The van der Waals surface area contributed by atoms with Gasteiger partial charge in [-0.15, -0.1) is 0 Å². The molecular weight excluding hydrogens is 220 g/mol. The van der Waals surface area contributed by atoms with Gasteiger partial charge in [-0.3, -0.25) is 4.79 Å². The standard InChI is InChI=1S/C13H24O4/c14-11-9-7-5-3-1-2-4-6-8-10-12(15)13(16)17/h14H,1-11H2,(H,16,17). The summed E-state index contributed by atoms with van der Waals surface area (Å²) in [5, 5.41) is 16.9. The third-order valence-electron chi connectivity index (χ3n) is 2.80. The van der Waals surface area contributed by atoms with Crippen molar-refractivity contribution < 1.29 is 19.8 Å². The molecule has 0 spiro atoms. The highest BCUT2D eigenvalue weighted by atomic mass is 16.4. The van der Waals surface area contributed by atoms with Crippen molar-refractivity contribution in [2.24, 2.45) is 0 Å². The van der Waals surface area contributed by atoms with Crippen LogP contribution in [-0.2, 0) is 9.59 Å². The Labute approximate surface area is 103 Å². The Morgan fingerprint density at radius 2 is 1.12 bits per heavy atom. The van der Waals surface area contributed by atoms with Crippen LogP contribution < -0.4 is 0 Å². The number of carbonyl (C=O) groups is 2. The van der Waals surface area contributed by atoms with E-state index >= 15 is 0 Å². The van der Waals surface area contributed by atoms with E-state index in [0.717, 1.165) is 32.1 Å². The zero-order valence-electron chi connectivity index (χ0n) is 10.5. The third-order valence-corrected chi connectivity index (χ3v) is 2.80. The first-order chi connectivity index (χ1) is 8.18. The van der Waals surface area contributed by atoms with Crippen LogP contribution in [0.25, 0.3) is 0 Å². The Balaban J connectivity index is 3.08. The molecule has 0 aliphatic rings. The van der Waals surface area contributed by atoms with E-state index in [9.17, 15) is 9.59 Å². The van der Waals surface area contributed by atoms with Gasteiger partial charge in [0.2, 0.25) is 5.78 Å². The summed E-state index contributed by atoms with van der Waals surface area (Å²) in [7, 11) is 0. The maximum absolute atomic E-state index is 10.8. The molecule has 0 fully saturated rings. The molecule has 0 rings (SSSR count). The van der Waals surface area contributed by atoms with Gasteiger partial charge in [0, 0.05) is 13.0 Å². The zero-order valence-corrected chi connectivity index (χ0v) is 10.5. The van der Waals surface area contributed by atoms with E-state index < -0.39 is 11.8 Å². The molecule has 0 unspecified atom stereocenters. The highest BCUT2D eigenvalue weighted by Gasteiger charge is 2.09. The first-order valence-corrected chi connectivity index (χ1v) is 6.55. The van der Waals surface area contributed by atoms with Gasteiger partial charge in [-0.1, -0.05) is 44.9 Å². The predicted molar refractivity (Wildman–Crippen MR) is 65.9 cm³/mol. The number of aliphatic hydroxyl groups is 1. The molecule has 0 aliphatic carbocycles.